The minimum absolute atomic E-state index is 0.306. The summed E-state index contributed by atoms with van der Waals surface area (Å²) in [5.41, 5.74) is 2.91. The standard InChI is InChI=1S/C27H29ClFN3O3S.2C2H6/c1-27(2,3)35-26(33)32-11-9-31(10-12-32)25-20-15-21(28)22(23(29)24(20)30-36-25)19-14-17(34-4)13-16-7-5-6-8-18(16)19;2*1-2/h6,8,13-15H,5,7,9-12H2,1-4H3;2*1-2H3. The topological polar surface area (TPSA) is 54.9 Å². The number of hydrogen-bond acceptors (Lipinski definition) is 6. The molecule has 0 saturated carbocycles. The molecule has 0 unspecified atom stereocenters. The summed E-state index contributed by atoms with van der Waals surface area (Å²) in [5, 5.41) is 1.88. The molecule has 9 heteroatoms. The summed E-state index contributed by atoms with van der Waals surface area (Å²) in [6.45, 7) is 15.8. The van der Waals surface area contributed by atoms with Crippen LogP contribution in [0.15, 0.2) is 24.3 Å². The molecule has 218 valence electrons. The number of piperazine rings is 1. The summed E-state index contributed by atoms with van der Waals surface area (Å²) in [4.78, 5) is 16.3. The third-order valence-corrected chi connectivity index (χ3v) is 7.70. The number of methoxy groups -OCH3 is 1. The predicted molar refractivity (Wildman–Crippen MR) is 167 cm³/mol. The Morgan fingerprint density at radius 1 is 1.07 bits per heavy atom. The number of ether oxygens (including phenoxy) is 2. The maximum absolute atomic E-state index is 16.0. The Labute approximate surface area is 246 Å². The van der Waals surface area contributed by atoms with Gasteiger partial charge in [0.15, 0.2) is 5.82 Å². The Balaban J connectivity index is 0.00000106. The summed E-state index contributed by atoms with van der Waals surface area (Å²) in [6.07, 6.45) is 5.62. The van der Waals surface area contributed by atoms with Crippen LogP contribution in [0.5, 0.6) is 5.75 Å². The molecule has 6 nitrogen and oxygen atoms in total. The Morgan fingerprint density at radius 2 is 1.75 bits per heavy atom. The van der Waals surface area contributed by atoms with E-state index in [2.05, 4.69) is 15.3 Å². The van der Waals surface area contributed by atoms with Crippen molar-refractivity contribution in [1.82, 2.24) is 9.27 Å². The molecule has 0 bridgehead atoms. The SMILES string of the molecule is CC.CC.COc1cc2c(c(-c3c(Cl)cc4c(N5CCN(C(=O)OC(C)(C)C)CC5)snc4c3F)c1)C=CCC2. The van der Waals surface area contributed by atoms with Gasteiger partial charge in [-0.1, -0.05) is 51.4 Å². The minimum atomic E-state index is -0.536. The second kappa shape index (κ2) is 13.7. The molecule has 2 aliphatic rings. The van der Waals surface area contributed by atoms with Crippen molar-refractivity contribution in [3.63, 3.8) is 0 Å². The molecular formula is C31H41ClFN3O3S. The van der Waals surface area contributed by atoms with E-state index in [1.165, 1.54) is 11.5 Å². The Morgan fingerprint density at radius 3 is 2.38 bits per heavy atom. The van der Waals surface area contributed by atoms with Crippen LogP contribution in [0.2, 0.25) is 5.02 Å². The van der Waals surface area contributed by atoms with E-state index < -0.39 is 11.4 Å². The van der Waals surface area contributed by atoms with E-state index in [1.54, 1.807) is 12.0 Å². The molecule has 0 spiro atoms. The average Bonchev–Trinajstić information content (AvgIpc) is 3.38. The van der Waals surface area contributed by atoms with Crippen LogP contribution in [0.1, 0.15) is 66.0 Å². The van der Waals surface area contributed by atoms with Crippen molar-refractivity contribution in [1.29, 1.82) is 0 Å². The van der Waals surface area contributed by atoms with Crippen molar-refractivity contribution in [2.75, 3.05) is 38.2 Å². The first kappa shape index (κ1) is 31.7. The van der Waals surface area contributed by atoms with Crippen LogP contribution in [0.25, 0.3) is 28.1 Å². The van der Waals surface area contributed by atoms with Gasteiger partial charge in [-0.05, 0) is 80.0 Å². The van der Waals surface area contributed by atoms with E-state index in [4.69, 9.17) is 21.1 Å². The highest BCUT2D eigenvalue weighted by atomic mass is 35.5. The maximum atomic E-state index is 16.0. The van der Waals surface area contributed by atoms with Crippen LogP contribution in [0.4, 0.5) is 14.2 Å². The van der Waals surface area contributed by atoms with Crippen LogP contribution in [0, 0.1) is 5.82 Å². The van der Waals surface area contributed by atoms with Crippen molar-refractivity contribution >= 4 is 51.2 Å². The lowest BCUT2D eigenvalue weighted by atomic mass is 9.89. The largest absolute Gasteiger partial charge is 0.497 e. The first-order valence-corrected chi connectivity index (χ1v) is 15.2. The maximum Gasteiger partial charge on any atom is 0.410 e. The molecular weight excluding hydrogens is 549 g/mol. The number of carbonyl (C=O) groups is 1. The fourth-order valence-electron chi connectivity index (χ4n) is 4.75. The van der Waals surface area contributed by atoms with Crippen molar-refractivity contribution < 1.29 is 18.7 Å². The lowest BCUT2D eigenvalue weighted by Crippen LogP contribution is -2.50. The first-order chi connectivity index (χ1) is 19.2. The zero-order chi connectivity index (χ0) is 29.6. The number of rotatable bonds is 3. The van der Waals surface area contributed by atoms with E-state index in [0.29, 0.717) is 59.0 Å². The molecule has 1 aliphatic heterocycles. The van der Waals surface area contributed by atoms with Gasteiger partial charge in [-0.2, -0.15) is 4.37 Å². The molecule has 1 fully saturated rings. The van der Waals surface area contributed by atoms with Gasteiger partial charge in [-0.3, -0.25) is 0 Å². The lowest BCUT2D eigenvalue weighted by Gasteiger charge is -2.36. The van der Waals surface area contributed by atoms with E-state index in [0.717, 1.165) is 29.0 Å². The Kier molecular flexibility index (Phi) is 10.8. The van der Waals surface area contributed by atoms with Gasteiger partial charge in [0, 0.05) is 37.1 Å². The number of nitrogens with zero attached hydrogens (tertiary/aromatic N) is 3. The van der Waals surface area contributed by atoms with Gasteiger partial charge >= 0.3 is 6.09 Å². The fourth-order valence-corrected chi connectivity index (χ4v) is 5.95. The van der Waals surface area contributed by atoms with Gasteiger partial charge in [0.05, 0.1) is 12.1 Å². The summed E-state index contributed by atoms with van der Waals surface area (Å²) in [5.74, 6) is 0.248. The molecule has 1 aliphatic carbocycles. The highest BCUT2D eigenvalue weighted by molar-refractivity contribution is 7.11. The number of hydrogen-bond donors (Lipinski definition) is 0. The van der Waals surface area contributed by atoms with Gasteiger partial charge in [0.2, 0.25) is 0 Å². The van der Waals surface area contributed by atoms with Crippen LogP contribution in [0.3, 0.4) is 0 Å². The fraction of sp³-hybridized carbons (Fsp3) is 0.484. The number of aryl methyl sites for hydroxylation is 1. The van der Waals surface area contributed by atoms with Gasteiger partial charge in [-0.15, -0.1) is 0 Å². The van der Waals surface area contributed by atoms with Crippen LogP contribution < -0.4 is 9.64 Å². The number of halogens is 2. The highest BCUT2D eigenvalue weighted by Crippen LogP contribution is 2.44. The van der Waals surface area contributed by atoms with Crippen molar-refractivity contribution in [2.45, 2.75) is 66.9 Å². The molecule has 3 aromatic rings. The second-order valence-corrected chi connectivity index (χ2v) is 11.2. The number of carbonyl (C=O) groups excluding carboxylic acids is 1. The number of aromatic nitrogens is 1. The predicted octanol–water partition coefficient (Wildman–Crippen LogP) is 8.83. The molecule has 5 rings (SSSR count). The Hall–Kier alpha value is -2.84. The molecule has 0 radical (unpaired) electrons. The highest BCUT2D eigenvalue weighted by Gasteiger charge is 2.29. The number of amides is 1. The monoisotopic (exact) mass is 589 g/mol. The quantitative estimate of drug-likeness (QED) is 0.305. The van der Waals surface area contributed by atoms with E-state index in [-0.39, 0.29) is 6.09 Å². The normalized spacial score (nSPS) is 14.6. The van der Waals surface area contributed by atoms with Crippen LogP contribution in [-0.4, -0.2) is 54.3 Å². The summed E-state index contributed by atoms with van der Waals surface area (Å²) >= 11 is 8.02. The van der Waals surface area contributed by atoms with Crippen LogP contribution in [-0.2, 0) is 11.2 Å². The number of allylic oxidation sites excluding steroid dienone is 1. The van der Waals surface area contributed by atoms with Gasteiger partial charge in [0.25, 0.3) is 0 Å². The summed E-state index contributed by atoms with van der Waals surface area (Å²) in [6, 6.07) is 5.66. The Bertz CT molecular complexity index is 1360. The van der Waals surface area contributed by atoms with E-state index >= 15 is 4.39 Å². The molecule has 0 N–H and O–H groups in total. The van der Waals surface area contributed by atoms with Crippen LogP contribution >= 0.6 is 23.1 Å². The van der Waals surface area contributed by atoms with Gasteiger partial charge < -0.3 is 19.3 Å². The zero-order valence-corrected chi connectivity index (χ0v) is 26.4. The van der Waals surface area contributed by atoms with Crippen molar-refractivity contribution in [3.8, 4) is 16.9 Å². The molecule has 1 aromatic heterocycles. The average molecular weight is 590 g/mol. The third kappa shape index (κ3) is 6.72. The number of benzene rings is 2. The zero-order valence-electron chi connectivity index (χ0n) is 24.9. The van der Waals surface area contributed by atoms with Gasteiger partial charge in [0.1, 0.15) is 21.9 Å². The molecule has 1 amide bonds. The number of fused-ring (bicyclic) bond motifs is 2. The number of anilines is 1. The van der Waals surface area contributed by atoms with E-state index in [9.17, 15) is 4.79 Å². The van der Waals surface area contributed by atoms with Crippen molar-refractivity contribution in [2.24, 2.45) is 0 Å². The molecule has 0 atom stereocenters. The third-order valence-electron chi connectivity index (χ3n) is 6.47. The van der Waals surface area contributed by atoms with E-state index in [1.807, 2.05) is 72.7 Å². The second-order valence-electron chi connectivity index (χ2n) is 10.1. The minimum Gasteiger partial charge on any atom is -0.497 e. The molecule has 1 saturated heterocycles. The summed E-state index contributed by atoms with van der Waals surface area (Å²) < 4.78 is 31.5. The smallest absolute Gasteiger partial charge is 0.410 e. The van der Waals surface area contributed by atoms with Crippen molar-refractivity contribution in [3.05, 3.63) is 46.2 Å². The first-order valence-electron chi connectivity index (χ1n) is 14.0. The van der Waals surface area contributed by atoms with Gasteiger partial charge in [-0.25, -0.2) is 9.18 Å². The lowest BCUT2D eigenvalue weighted by molar-refractivity contribution is 0.0241. The summed E-state index contributed by atoms with van der Waals surface area (Å²) in [7, 11) is 1.61. The molecule has 2 aromatic carbocycles. The molecule has 2 heterocycles. The molecule has 40 heavy (non-hydrogen) atoms.